The Bertz CT molecular complexity index is 819. The van der Waals surface area contributed by atoms with Crippen LogP contribution >= 0.6 is 0 Å². The van der Waals surface area contributed by atoms with Crippen LogP contribution in [0.5, 0.6) is 5.75 Å². The average molecular weight is 368 g/mol. The molecule has 0 radical (unpaired) electrons. The highest BCUT2D eigenvalue weighted by Gasteiger charge is 2.20. The summed E-state index contributed by atoms with van der Waals surface area (Å²) in [5.74, 6) is 1.96. The van der Waals surface area contributed by atoms with E-state index in [9.17, 15) is 9.90 Å². The Kier molecular flexibility index (Phi) is 5.85. The molecule has 142 valence electrons. The molecule has 0 saturated carbocycles. The molecule has 2 heterocycles. The quantitative estimate of drug-likeness (QED) is 0.473. The Morgan fingerprint density at radius 3 is 2.70 bits per heavy atom. The van der Waals surface area contributed by atoms with Gasteiger partial charge in [-0.3, -0.25) is 10.2 Å². The molecule has 8 heteroatoms. The van der Waals surface area contributed by atoms with E-state index >= 15 is 0 Å². The Morgan fingerprint density at radius 2 is 2.04 bits per heavy atom. The second-order valence-electron chi connectivity index (χ2n) is 6.67. The number of nitrogens with zero attached hydrogens (tertiary/aromatic N) is 3. The minimum absolute atomic E-state index is 0.108. The van der Waals surface area contributed by atoms with Crippen LogP contribution in [0.15, 0.2) is 30.3 Å². The lowest BCUT2D eigenvalue weighted by Crippen LogP contribution is -2.45. The monoisotopic (exact) mass is 368 g/mol. The first-order valence-electron chi connectivity index (χ1n) is 8.98. The van der Waals surface area contributed by atoms with Crippen LogP contribution in [0.3, 0.4) is 0 Å². The third-order valence-electron chi connectivity index (χ3n) is 4.57. The summed E-state index contributed by atoms with van der Waals surface area (Å²) in [6, 6.07) is 7.16. The molecule has 1 aromatic heterocycles. The number of hydrogen-bond acceptors (Lipinski definition) is 5. The van der Waals surface area contributed by atoms with Gasteiger partial charge in [0.25, 0.3) is 0 Å². The molecule has 1 fully saturated rings. The van der Waals surface area contributed by atoms with E-state index in [1.165, 1.54) is 0 Å². The summed E-state index contributed by atoms with van der Waals surface area (Å²) < 4.78 is 0. The van der Waals surface area contributed by atoms with Gasteiger partial charge in [0.2, 0.25) is 5.91 Å². The molecule has 2 aromatic rings. The summed E-state index contributed by atoms with van der Waals surface area (Å²) in [6.45, 7) is 3.05. The predicted octanol–water partition coefficient (Wildman–Crippen LogP) is 1.69. The van der Waals surface area contributed by atoms with Crippen LogP contribution in [-0.2, 0) is 11.2 Å². The molecule has 0 aliphatic carbocycles. The first kappa shape index (κ1) is 18.6. The topological polar surface area (TPSA) is 118 Å². The molecule has 8 nitrogen and oxygen atoms in total. The van der Waals surface area contributed by atoms with Gasteiger partial charge in [0.1, 0.15) is 17.4 Å². The van der Waals surface area contributed by atoms with Crippen molar-refractivity contribution < 1.29 is 9.90 Å². The molecule has 1 amide bonds. The van der Waals surface area contributed by atoms with Crippen molar-refractivity contribution in [1.82, 2.24) is 25.4 Å². The molecule has 0 bridgehead atoms. The van der Waals surface area contributed by atoms with Crippen LogP contribution in [0.2, 0.25) is 0 Å². The van der Waals surface area contributed by atoms with E-state index in [1.807, 2.05) is 17.0 Å². The zero-order valence-corrected chi connectivity index (χ0v) is 15.3. The SMILES string of the molecule is CC(=O)N1CCC(NC(=N)/C=C\c2nnc(Cc3ccc(O)cc3)[nH]2)CC1. The lowest BCUT2D eigenvalue weighted by Gasteiger charge is -2.31. The first-order chi connectivity index (χ1) is 13.0. The minimum Gasteiger partial charge on any atom is -0.508 e. The van der Waals surface area contributed by atoms with Crippen LogP contribution in [-0.4, -0.2) is 56.1 Å². The first-order valence-corrected chi connectivity index (χ1v) is 8.98. The van der Waals surface area contributed by atoms with Gasteiger partial charge in [0.15, 0.2) is 5.82 Å². The highest BCUT2D eigenvalue weighted by atomic mass is 16.3. The number of aromatic nitrogens is 3. The van der Waals surface area contributed by atoms with Crippen molar-refractivity contribution in [3.05, 3.63) is 47.6 Å². The van der Waals surface area contributed by atoms with Crippen LogP contribution in [0, 0.1) is 5.41 Å². The molecular formula is C19H24N6O2. The Balaban J connectivity index is 1.48. The number of rotatable bonds is 5. The van der Waals surface area contributed by atoms with Crippen molar-refractivity contribution in [1.29, 1.82) is 5.41 Å². The third kappa shape index (κ3) is 5.40. The maximum Gasteiger partial charge on any atom is 0.219 e. The van der Waals surface area contributed by atoms with Gasteiger partial charge in [-0.15, -0.1) is 10.2 Å². The highest BCUT2D eigenvalue weighted by Crippen LogP contribution is 2.12. The number of H-pyrrole nitrogens is 1. The molecule has 1 saturated heterocycles. The number of hydrogen-bond donors (Lipinski definition) is 4. The number of amides is 1. The number of aromatic hydroxyl groups is 1. The number of amidine groups is 1. The number of carbonyl (C=O) groups is 1. The Labute approximate surface area is 157 Å². The van der Waals surface area contributed by atoms with E-state index in [4.69, 9.17) is 5.41 Å². The van der Waals surface area contributed by atoms with E-state index in [-0.39, 0.29) is 17.7 Å². The van der Waals surface area contributed by atoms with Gasteiger partial charge in [-0.2, -0.15) is 0 Å². The number of phenolic OH excluding ortho intramolecular Hbond substituents is 1. The van der Waals surface area contributed by atoms with Crippen LogP contribution in [0.4, 0.5) is 0 Å². The molecule has 0 unspecified atom stereocenters. The lowest BCUT2D eigenvalue weighted by molar-refractivity contribution is -0.129. The number of benzene rings is 1. The summed E-state index contributed by atoms with van der Waals surface area (Å²) >= 11 is 0. The van der Waals surface area contributed by atoms with Gasteiger partial charge < -0.3 is 20.3 Å². The van der Waals surface area contributed by atoms with Gasteiger partial charge in [-0.1, -0.05) is 12.1 Å². The maximum absolute atomic E-state index is 11.3. The summed E-state index contributed by atoms with van der Waals surface area (Å²) in [4.78, 5) is 16.3. The van der Waals surface area contributed by atoms with Gasteiger partial charge in [-0.05, 0) is 42.7 Å². The van der Waals surface area contributed by atoms with Gasteiger partial charge in [-0.25, -0.2) is 0 Å². The molecule has 3 rings (SSSR count). The third-order valence-corrected chi connectivity index (χ3v) is 4.57. The van der Waals surface area contributed by atoms with Crippen molar-refractivity contribution in [2.45, 2.75) is 32.2 Å². The fourth-order valence-corrected chi connectivity index (χ4v) is 3.04. The lowest BCUT2D eigenvalue weighted by atomic mass is 10.0. The Morgan fingerprint density at radius 1 is 1.33 bits per heavy atom. The minimum atomic E-state index is 0.108. The smallest absolute Gasteiger partial charge is 0.219 e. The molecule has 1 aliphatic rings. The van der Waals surface area contributed by atoms with Gasteiger partial charge in [0, 0.05) is 32.5 Å². The van der Waals surface area contributed by atoms with E-state index < -0.39 is 0 Å². The normalized spacial score (nSPS) is 15.2. The molecular weight excluding hydrogens is 344 g/mol. The van der Waals surface area contributed by atoms with Crippen molar-refractivity contribution in [2.75, 3.05) is 13.1 Å². The summed E-state index contributed by atoms with van der Waals surface area (Å²) in [5, 5.41) is 28.7. The second kappa shape index (κ2) is 8.48. The largest absolute Gasteiger partial charge is 0.508 e. The molecule has 1 aliphatic heterocycles. The average Bonchev–Trinajstić information content (AvgIpc) is 3.10. The van der Waals surface area contributed by atoms with E-state index in [2.05, 4.69) is 20.5 Å². The molecule has 1 aromatic carbocycles. The number of carbonyl (C=O) groups excluding carboxylic acids is 1. The van der Waals surface area contributed by atoms with Crippen LogP contribution < -0.4 is 5.32 Å². The fourth-order valence-electron chi connectivity index (χ4n) is 3.04. The summed E-state index contributed by atoms with van der Waals surface area (Å²) in [7, 11) is 0. The predicted molar refractivity (Wildman–Crippen MR) is 102 cm³/mol. The van der Waals surface area contributed by atoms with Crippen molar-refractivity contribution in [3.63, 3.8) is 0 Å². The second-order valence-corrected chi connectivity index (χ2v) is 6.67. The van der Waals surface area contributed by atoms with E-state index in [0.29, 0.717) is 18.1 Å². The summed E-state index contributed by atoms with van der Waals surface area (Å²) in [6.07, 6.45) is 5.64. The van der Waals surface area contributed by atoms with Crippen molar-refractivity contribution >= 4 is 17.8 Å². The zero-order chi connectivity index (χ0) is 19.2. The molecule has 0 atom stereocenters. The fraction of sp³-hybridized carbons (Fsp3) is 0.368. The maximum atomic E-state index is 11.3. The van der Waals surface area contributed by atoms with Crippen molar-refractivity contribution in [3.8, 4) is 5.75 Å². The number of likely N-dealkylation sites (tertiary alicyclic amines) is 1. The zero-order valence-electron chi connectivity index (χ0n) is 15.3. The standard InChI is InChI=1S/C19H24N6O2/c1-13(26)25-10-8-15(9-11-25)21-17(20)6-7-18-22-19(24-23-18)12-14-2-4-16(27)5-3-14/h2-7,15,27H,8-12H2,1H3,(H2,20,21)(H,22,23,24)/b7-6-. The van der Waals surface area contributed by atoms with Crippen molar-refractivity contribution in [2.24, 2.45) is 0 Å². The van der Waals surface area contributed by atoms with Crippen LogP contribution in [0.1, 0.15) is 37.0 Å². The highest BCUT2D eigenvalue weighted by molar-refractivity contribution is 5.93. The summed E-state index contributed by atoms with van der Waals surface area (Å²) in [5.41, 5.74) is 1.02. The number of aromatic amines is 1. The van der Waals surface area contributed by atoms with E-state index in [1.54, 1.807) is 31.2 Å². The molecule has 0 spiro atoms. The molecule has 27 heavy (non-hydrogen) atoms. The van der Waals surface area contributed by atoms with E-state index in [0.717, 1.165) is 37.3 Å². The van der Waals surface area contributed by atoms with Gasteiger partial charge in [0.05, 0.1) is 0 Å². The molecule has 4 N–H and O–H groups in total. The number of phenols is 1. The Hall–Kier alpha value is -3.16. The van der Waals surface area contributed by atoms with Gasteiger partial charge >= 0.3 is 0 Å². The van der Waals surface area contributed by atoms with Crippen LogP contribution in [0.25, 0.3) is 6.08 Å². The number of piperidine rings is 1. The number of nitrogens with one attached hydrogen (secondary N) is 3.